The van der Waals surface area contributed by atoms with E-state index in [9.17, 15) is 4.79 Å². The van der Waals surface area contributed by atoms with Gasteiger partial charge in [0.25, 0.3) is 0 Å². The van der Waals surface area contributed by atoms with Gasteiger partial charge in [-0.15, -0.1) is 0 Å². The molecule has 30 heavy (non-hydrogen) atoms. The summed E-state index contributed by atoms with van der Waals surface area (Å²) < 4.78 is 0. The van der Waals surface area contributed by atoms with Gasteiger partial charge in [-0.2, -0.15) is 0 Å². The standard InChI is InChI=1S/C25H30N4O/c1-15(2)23-26-11-20(12-27-23)17-8-18(10-19(9-17)22(30)25(5,6)7)21-13-28-24(16(3)4)29-14-21/h8-16H,1-7H3. The Morgan fingerprint density at radius 3 is 1.33 bits per heavy atom. The fourth-order valence-electron chi connectivity index (χ4n) is 3.10. The Labute approximate surface area is 179 Å². The van der Waals surface area contributed by atoms with Crippen LogP contribution in [0.2, 0.25) is 0 Å². The summed E-state index contributed by atoms with van der Waals surface area (Å²) in [5.74, 6) is 2.22. The smallest absolute Gasteiger partial charge is 0.168 e. The number of carbonyl (C=O) groups is 1. The lowest BCUT2D eigenvalue weighted by atomic mass is 9.84. The van der Waals surface area contributed by atoms with Gasteiger partial charge in [-0.25, -0.2) is 19.9 Å². The minimum Gasteiger partial charge on any atom is -0.294 e. The molecule has 0 radical (unpaired) electrons. The SMILES string of the molecule is CC(C)c1ncc(-c2cc(C(=O)C(C)(C)C)cc(-c3cnc(C(C)C)nc3)c2)cn1. The Kier molecular flexibility index (Phi) is 6.11. The van der Waals surface area contributed by atoms with E-state index in [1.165, 1.54) is 0 Å². The third-order valence-corrected chi connectivity index (χ3v) is 4.92. The average molecular weight is 403 g/mol. The quantitative estimate of drug-likeness (QED) is 0.484. The Balaban J connectivity index is 2.12. The predicted octanol–water partition coefficient (Wildman–Crippen LogP) is 6.08. The molecule has 0 unspecified atom stereocenters. The molecule has 0 atom stereocenters. The van der Waals surface area contributed by atoms with Crippen LogP contribution in [0.4, 0.5) is 0 Å². The number of rotatable bonds is 5. The van der Waals surface area contributed by atoms with E-state index in [0.29, 0.717) is 5.56 Å². The van der Waals surface area contributed by atoms with E-state index in [2.05, 4.69) is 47.6 Å². The van der Waals surface area contributed by atoms with Crippen LogP contribution in [-0.2, 0) is 0 Å². The van der Waals surface area contributed by atoms with E-state index in [1.54, 1.807) is 0 Å². The maximum Gasteiger partial charge on any atom is 0.168 e. The van der Waals surface area contributed by atoms with Crippen molar-refractivity contribution < 1.29 is 4.79 Å². The number of nitrogens with zero attached hydrogens (tertiary/aromatic N) is 4. The molecule has 0 bridgehead atoms. The summed E-state index contributed by atoms with van der Waals surface area (Å²) in [6, 6.07) is 5.89. The number of hydrogen-bond acceptors (Lipinski definition) is 5. The van der Waals surface area contributed by atoms with Crippen LogP contribution in [0.5, 0.6) is 0 Å². The Bertz CT molecular complexity index is 960. The maximum absolute atomic E-state index is 13.1. The summed E-state index contributed by atoms with van der Waals surface area (Å²) >= 11 is 0. The third-order valence-electron chi connectivity index (χ3n) is 4.92. The van der Waals surface area contributed by atoms with E-state index >= 15 is 0 Å². The molecule has 156 valence electrons. The molecule has 5 heteroatoms. The normalized spacial score (nSPS) is 11.9. The molecule has 5 nitrogen and oxygen atoms in total. The molecule has 3 rings (SSSR count). The van der Waals surface area contributed by atoms with E-state index in [0.717, 1.165) is 33.9 Å². The monoisotopic (exact) mass is 402 g/mol. The minimum atomic E-state index is -0.480. The Morgan fingerprint density at radius 1 is 0.667 bits per heavy atom. The van der Waals surface area contributed by atoms with E-state index < -0.39 is 5.41 Å². The number of carbonyl (C=O) groups excluding carboxylic acids is 1. The van der Waals surface area contributed by atoms with Crippen molar-refractivity contribution in [2.24, 2.45) is 5.41 Å². The number of aromatic nitrogens is 4. The summed E-state index contributed by atoms with van der Waals surface area (Å²) in [6.07, 6.45) is 7.30. The molecular formula is C25H30N4O. The van der Waals surface area contributed by atoms with Crippen LogP contribution in [0, 0.1) is 5.41 Å². The van der Waals surface area contributed by atoms with Gasteiger partial charge in [-0.1, -0.05) is 48.5 Å². The molecule has 2 heterocycles. The van der Waals surface area contributed by atoms with Crippen molar-refractivity contribution in [1.29, 1.82) is 0 Å². The zero-order valence-corrected chi connectivity index (χ0v) is 18.9. The first kappa shape index (κ1) is 21.8. The molecular weight excluding hydrogens is 372 g/mol. The number of benzene rings is 1. The highest BCUT2D eigenvalue weighted by atomic mass is 16.1. The molecule has 0 saturated carbocycles. The summed E-state index contributed by atoms with van der Waals surface area (Å²) in [4.78, 5) is 31.0. The molecule has 0 saturated heterocycles. The van der Waals surface area contributed by atoms with Crippen LogP contribution in [0.3, 0.4) is 0 Å². The largest absolute Gasteiger partial charge is 0.294 e. The van der Waals surface area contributed by atoms with Gasteiger partial charge in [0.15, 0.2) is 5.78 Å². The second-order valence-electron chi connectivity index (χ2n) is 9.35. The van der Waals surface area contributed by atoms with Crippen LogP contribution in [0.1, 0.15) is 82.3 Å². The van der Waals surface area contributed by atoms with Gasteiger partial charge in [-0.3, -0.25) is 4.79 Å². The van der Waals surface area contributed by atoms with Gasteiger partial charge >= 0.3 is 0 Å². The van der Waals surface area contributed by atoms with Crippen molar-refractivity contribution in [3.05, 3.63) is 60.2 Å². The number of Topliss-reactive ketones (excluding diaryl/α,β-unsaturated/α-hetero) is 1. The lowest BCUT2D eigenvalue weighted by molar-refractivity contribution is 0.0858. The molecule has 2 aromatic heterocycles. The molecule has 0 aliphatic rings. The molecule has 0 spiro atoms. The van der Waals surface area contributed by atoms with Crippen molar-refractivity contribution >= 4 is 5.78 Å². The average Bonchev–Trinajstić information content (AvgIpc) is 2.72. The van der Waals surface area contributed by atoms with Crippen LogP contribution in [0.25, 0.3) is 22.3 Å². The van der Waals surface area contributed by atoms with Crippen molar-refractivity contribution in [3.63, 3.8) is 0 Å². The highest BCUT2D eigenvalue weighted by Crippen LogP contribution is 2.31. The zero-order chi connectivity index (χ0) is 22.1. The van der Waals surface area contributed by atoms with E-state index in [4.69, 9.17) is 0 Å². The molecule has 0 aliphatic heterocycles. The molecule has 0 N–H and O–H groups in total. The number of hydrogen-bond donors (Lipinski definition) is 0. The van der Waals surface area contributed by atoms with Crippen molar-refractivity contribution in [2.75, 3.05) is 0 Å². The van der Waals surface area contributed by atoms with Crippen LogP contribution < -0.4 is 0 Å². The first-order valence-corrected chi connectivity index (χ1v) is 10.4. The van der Waals surface area contributed by atoms with Crippen LogP contribution in [-0.4, -0.2) is 25.7 Å². The molecule has 0 aliphatic carbocycles. The lowest BCUT2D eigenvalue weighted by Gasteiger charge is -2.18. The fourth-order valence-corrected chi connectivity index (χ4v) is 3.10. The Hall–Kier alpha value is -2.95. The van der Waals surface area contributed by atoms with Crippen LogP contribution in [0.15, 0.2) is 43.0 Å². The van der Waals surface area contributed by atoms with E-state index in [-0.39, 0.29) is 17.6 Å². The second kappa shape index (κ2) is 8.42. The van der Waals surface area contributed by atoms with E-state index in [1.807, 2.05) is 63.8 Å². The second-order valence-corrected chi connectivity index (χ2v) is 9.35. The topological polar surface area (TPSA) is 68.6 Å². The number of ketones is 1. The molecule has 3 aromatic rings. The third kappa shape index (κ3) is 4.78. The fraction of sp³-hybridized carbons (Fsp3) is 0.400. The van der Waals surface area contributed by atoms with Crippen LogP contribution >= 0.6 is 0 Å². The summed E-state index contributed by atoms with van der Waals surface area (Å²) in [7, 11) is 0. The maximum atomic E-state index is 13.1. The zero-order valence-electron chi connectivity index (χ0n) is 18.9. The summed E-state index contributed by atoms with van der Waals surface area (Å²) in [5, 5.41) is 0. The predicted molar refractivity (Wildman–Crippen MR) is 120 cm³/mol. The highest BCUT2D eigenvalue weighted by molar-refractivity contribution is 6.02. The summed E-state index contributed by atoms with van der Waals surface area (Å²) in [6.45, 7) is 14.1. The Morgan fingerprint density at radius 2 is 1.03 bits per heavy atom. The molecule has 1 aromatic carbocycles. The van der Waals surface area contributed by atoms with Gasteiger partial charge < -0.3 is 0 Å². The molecule has 0 amide bonds. The van der Waals surface area contributed by atoms with Gasteiger partial charge in [0.2, 0.25) is 0 Å². The van der Waals surface area contributed by atoms with Gasteiger partial charge in [0, 0.05) is 58.7 Å². The van der Waals surface area contributed by atoms with Gasteiger partial charge in [-0.05, 0) is 29.3 Å². The van der Waals surface area contributed by atoms with Crippen molar-refractivity contribution in [2.45, 2.75) is 60.3 Å². The highest BCUT2D eigenvalue weighted by Gasteiger charge is 2.24. The minimum absolute atomic E-state index is 0.0880. The van der Waals surface area contributed by atoms with Crippen molar-refractivity contribution in [1.82, 2.24) is 19.9 Å². The first-order valence-electron chi connectivity index (χ1n) is 10.4. The van der Waals surface area contributed by atoms with Gasteiger partial charge in [0.05, 0.1) is 0 Å². The lowest BCUT2D eigenvalue weighted by Crippen LogP contribution is -2.20. The first-order chi connectivity index (χ1) is 14.1. The van der Waals surface area contributed by atoms with Crippen molar-refractivity contribution in [3.8, 4) is 22.3 Å². The van der Waals surface area contributed by atoms with Gasteiger partial charge in [0.1, 0.15) is 11.6 Å². The summed E-state index contributed by atoms with van der Waals surface area (Å²) in [5.41, 5.74) is 3.75. The molecule has 0 fully saturated rings.